The van der Waals surface area contributed by atoms with Gasteiger partial charge in [0.2, 0.25) is 5.91 Å². The lowest BCUT2D eigenvalue weighted by molar-refractivity contribution is -0.384. The predicted molar refractivity (Wildman–Crippen MR) is 191 cm³/mol. The first-order valence-corrected chi connectivity index (χ1v) is 17.4. The molecule has 0 fully saturated rings. The van der Waals surface area contributed by atoms with Crippen molar-refractivity contribution in [2.24, 2.45) is 7.05 Å². The number of non-ortho nitro benzene ring substituents is 1. The number of rotatable bonds is 18. The molecule has 0 spiro atoms. The van der Waals surface area contributed by atoms with Crippen LogP contribution in [0, 0.1) is 10.1 Å². The lowest BCUT2D eigenvalue weighted by Gasteiger charge is -2.13. The molecule has 252 valence electrons. The maximum absolute atomic E-state index is 14.1. The number of hydrogen-bond acceptors (Lipinski definition) is 5. The molecule has 2 aromatic heterocycles. The van der Waals surface area contributed by atoms with Crippen molar-refractivity contribution in [3.05, 3.63) is 88.3 Å². The molecule has 9 heteroatoms. The first-order valence-electron chi connectivity index (χ1n) is 17.4. The highest BCUT2D eigenvalue weighted by Crippen LogP contribution is 2.42. The number of carbonyl (C=O) groups is 3. The maximum Gasteiger partial charge on any atom is 0.271 e. The van der Waals surface area contributed by atoms with Gasteiger partial charge in [-0.05, 0) is 44.2 Å². The zero-order valence-electron chi connectivity index (χ0n) is 28.1. The summed E-state index contributed by atoms with van der Waals surface area (Å²) in [5.41, 5.74) is 2.54. The molecule has 5 rings (SSSR count). The summed E-state index contributed by atoms with van der Waals surface area (Å²) in [6.07, 6.45) is 22.8. The van der Waals surface area contributed by atoms with Crippen molar-refractivity contribution in [1.82, 2.24) is 14.5 Å². The van der Waals surface area contributed by atoms with Crippen molar-refractivity contribution in [2.45, 2.75) is 96.8 Å². The van der Waals surface area contributed by atoms with Crippen molar-refractivity contribution < 1.29 is 19.3 Å². The van der Waals surface area contributed by atoms with Crippen molar-refractivity contribution in [3.8, 4) is 0 Å². The van der Waals surface area contributed by atoms with Gasteiger partial charge in [-0.25, -0.2) is 4.90 Å². The number of H-pyrrole nitrogens is 1. The zero-order valence-corrected chi connectivity index (χ0v) is 28.1. The number of aromatic nitrogens is 2. The van der Waals surface area contributed by atoms with Gasteiger partial charge in [-0.3, -0.25) is 24.5 Å². The lowest BCUT2D eigenvalue weighted by atomic mass is 9.95. The Labute approximate surface area is 281 Å². The van der Waals surface area contributed by atoms with Gasteiger partial charge >= 0.3 is 0 Å². The number of benzene rings is 2. The van der Waals surface area contributed by atoms with E-state index in [2.05, 4.69) is 24.1 Å². The van der Waals surface area contributed by atoms with Crippen LogP contribution >= 0.6 is 0 Å². The highest BCUT2D eigenvalue weighted by atomic mass is 16.6. The maximum atomic E-state index is 14.1. The van der Waals surface area contributed by atoms with Gasteiger partial charge in [-0.1, -0.05) is 88.6 Å². The molecule has 0 unspecified atom stereocenters. The molecule has 1 aliphatic rings. The van der Waals surface area contributed by atoms with Crippen LogP contribution in [-0.4, -0.2) is 37.1 Å². The minimum absolute atomic E-state index is 0.0772. The molecule has 0 saturated heterocycles. The Morgan fingerprint density at radius 2 is 1.44 bits per heavy atom. The van der Waals surface area contributed by atoms with Gasteiger partial charge in [0.25, 0.3) is 17.5 Å². The molecular formula is C39H46N4O5. The number of allylic oxidation sites excluding steroid dienone is 2. The standard InChI is InChI=1S/C39H46N4O5/c1-3-4-5-6-7-8-9-10-11-12-13-14-15-16-17-22-35(44)42-38(45)36(31-26-40-33-21-19-18-20-29(31)33)37(39(42)46)32-27-41(2)34-25-28(43(47)48)23-24-30(32)34/h10-11,18-21,23-27,40H,3-9,12-17,22H2,1-2H3. The number of fused-ring (bicyclic) bond motifs is 2. The van der Waals surface area contributed by atoms with E-state index in [9.17, 15) is 24.5 Å². The zero-order chi connectivity index (χ0) is 34.0. The van der Waals surface area contributed by atoms with E-state index in [4.69, 9.17) is 0 Å². The van der Waals surface area contributed by atoms with Gasteiger partial charge in [0.1, 0.15) is 0 Å². The number of para-hydroxylation sites is 1. The molecule has 3 amide bonds. The summed E-state index contributed by atoms with van der Waals surface area (Å²) in [4.78, 5) is 56.6. The van der Waals surface area contributed by atoms with E-state index in [0.29, 0.717) is 28.5 Å². The fourth-order valence-corrected chi connectivity index (χ4v) is 6.68. The van der Waals surface area contributed by atoms with Crippen LogP contribution in [0.5, 0.6) is 0 Å². The van der Waals surface area contributed by atoms with Crippen LogP contribution in [0.1, 0.15) is 108 Å². The molecule has 4 aromatic rings. The van der Waals surface area contributed by atoms with Gasteiger partial charge in [0.15, 0.2) is 0 Å². The number of carbonyl (C=O) groups excluding carboxylic acids is 3. The largest absolute Gasteiger partial charge is 0.361 e. The van der Waals surface area contributed by atoms with Crippen LogP contribution in [0.25, 0.3) is 33.0 Å². The molecule has 0 radical (unpaired) electrons. The summed E-state index contributed by atoms with van der Waals surface area (Å²) in [6.45, 7) is 2.24. The number of nitro benzene ring substituents is 1. The fourth-order valence-electron chi connectivity index (χ4n) is 6.68. The molecule has 1 N–H and O–H groups in total. The average molecular weight is 651 g/mol. The number of nitrogens with zero attached hydrogens (tertiary/aromatic N) is 3. The smallest absolute Gasteiger partial charge is 0.271 e. The molecule has 0 aliphatic carbocycles. The molecule has 2 aromatic carbocycles. The highest BCUT2D eigenvalue weighted by Gasteiger charge is 2.44. The number of hydrogen-bond donors (Lipinski definition) is 1. The number of aryl methyl sites for hydroxylation is 1. The van der Waals surface area contributed by atoms with Crippen LogP contribution in [0.15, 0.2) is 67.0 Å². The van der Waals surface area contributed by atoms with E-state index in [-0.39, 0.29) is 23.3 Å². The van der Waals surface area contributed by atoms with Crippen molar-refractivity contribution in [2.75, 3.05) is 0 Å². The van der Waals surface area contributed by atoms with E-state index in [1.54, 1.807) is 30.1 Å². The molecule has 48 heavy (non-hydrogen) atoms. The van der Waals surface area contributed by atoms with Gasteiger partial charge in [-0.15, -0.1) is 0 Å². The summed E-state index contributed by atoms with van der Waals surface area (Å²) in [7, 11) is 1.73. The van der Waals surface area contributed by atoms with Gasteiger partial charge < -0.3 is 9.55 Å². The number of amides is 3. The lowest BCUT2D eigenvalue weighted by Crippen LogP contribution is -2.37. The third-order valence-electron chi connectivity index (χ3n) is 9.30. The van der Waals surface area contributed by atoms with E-state index >= 15 is 0 Å². The molecule has 0 bridgehead atoms. The highest BCUT2D eigenvalue weighted by molar-refractivity contribution is 6.53. The molecular weight excluding hydrogens is 604 g/mol. The third kappa shape index (κ3) is 7.67. The Kier molecular flexibility index (Phi) is 11.8. The minimum atomic E-state index is -0.663. The minimum Gasteiger partial charge on any atom is -0.361 e. The summed E-state index contributed by atoms with van der Waals surface area (Å²) in [5.74, 6) is -1.81. The number of nitrogens with one attached hydrogen (secondary N) is 1. The molecule has 0 saturated carbocycles. The Hall–Kier alpha value is -4.79. The van der Waals surface area contributed by atoms with Gasteiger partial charge in [-0.2, -0.15) is 0 Å². The van der Waals surface area contributed by atoms with E-state index < -0.39 is 22.6 Å². The number of unbranched alkanes of at least 4 members (excludes halogenated alkanes) is 11. The van der Waals surface area contributed by atoms with Crippen molar-refractivity contribution >= 4 is 56.4 Å². The van der Waals surface area contributed by atoms with E-state index in [1.807, 2.05) is 24.3 Å². The van der Waals surface area contributed by atoms with Crippen LogP contribution in [0.3, 0.4) is 0 Å². The van der Waals surface area contributed by atoms with E-state index in [1.165, 1.54) is 50.7 Å². The molecule has 9 nitrogen and oxygen atoms in total. The number of nitro groups is 1. The van der Waals surface area contributed by atoms with Crippen molar-refractivity contribution in [1.29, 1.82) is 0 Å². The Morgan fingerprint density at radius 1 is 0.812 bits per heavy atom. The molecule has 0 atom stereocenters. The summed E-state index contributed by atoms with van der Waals surface area (Å²) >= 11 is 0. The van der Waals surface area contributed by atoms with Crippen LogP contribution < -0.4 is 0 Å². The third-order valence-corrected chi connectivity index (χ3v) is 9.30. The second-order valence-electron chi connectivity index (χ2n) is 12.8. The van der Waals surface area contributed by atoms with E-state index in [0.717, 1.165) is 54.3 Å². The molecule has 3 heterocycles. The topological polar surface area (TPSA) is 118 Å². The first kappa shape index (κ1) is 34.5. The second kappa shape index (κ2) is 16.4. The predicted octanol–water partition coefficient (Wildman–Crippen LogP) is 9.41. The Balaban J connectivity index is 1.23. The number of aromatic amines is 1. The second-order valence-corrected chi connectivity index (χ2v) is 12.8. The Morgan fingerprint density at radius 3 is 2.12 bits per heavy atom. The SMILES string of the molecule is CCCCCCCCC=CCCCCCCCC(=O)N1C(=O)C(c2c[nH]c3ccccc23)=C(c2cn(C)c3cc([N+](=O)[O-])ccc23)C1=O. The average Bonchev–Trinajstić information content (AvgIpc) is 3.72. The molecule has 1 aliphatic heterocycles. The number of imide groups is 3. The van der Waals surface area contributed by atoms with Crippen LogP contribution in [0.2, 0.25) is 0 Å². The van der Waals surface area contributed by atoms with Crippen LogP contribution in [0.4, 0.5) is 5.69 Å². The van der Waals surface area contributed by atoms with Crippen molar-refractivity contribution in [3.63, 3.8) is 0 Å². The normalized spacial score (nSPS) is 13.7. The van der Waals surface area contributed by atoms with Crippen LogP contribution in [-0.2, 0) is 21.4 Å². The quantitative estimate of drug-likeness (QED) is 0.0378. The fraction of sp³-hybridized carbons (Fsp3) is 0.410. The summed E-state index contributed by atoms with van der Waals surface area (Å²) in [6, 6.07) is 11.9. The summed E-state index contributed by atoms with van der Waals surface area (Å²) < 4.78 is 1.70. The summed E-state index contributed by atoms with van der Waals surface area (Å²) in [5, 5.41) is 12.8. The van der Waals surface area contributed by atoms with Gasteiger partial charge in [0, 0.05) is 65.4 Å². The first-order chi connectivity index (χ1) is 23.3. The monoisotopic (exact) mass is 650 g/mol. The Bertz CT molecular complexity index is 1860. The van der Waals surface area contributed by atoms with Gasteiger partial charge in [0.05, 0.1) is 21.6 Å².